The molecule has 0 aliphatic heterocycles. The topological polar surface area (TPSA) is 0 Å². The fourth-order valence-electron chi connectivity index (χ4n) is 3.44. The highest BCUT2D eigenvalue weighted by Crippen LogP contribution is 2.29. The molecule has 1 rings (SSSR count). The van der Waals surface area contributed by atoms with Gasteiger partial charge in [-0.1, -0.05) is 66.4 Å². The average Bonchev–Trinajstić information content (AvgIpc) is 2.45. The summed E-state index contributed by atoms with van der Waals surface area (Å²) >= 11 is 0. The molecule has 0 atom stereocenters. The second-order valence-corrected chi connectivity index (χ2v) is 5.98. The van der Waals surface area contributed by atoms with Gasteiger partial charge in [-0.2, -0.15) is 0 Å². The summed E-state index contributed by atoms with van der Waals surface area (Å²) in [6, 6.07) is 2.54. The molecule has 0 heterocycles. The van der Waals surface area contributed by atoms with Crippen LogP contribution >= 0.6 is 0 Å². The molecule has 1 aromatic rings. The second kappa shape index (κ2) is 9.21. The van der Waals surface area contributed by atoms with Crippen molar-refractivity contribution in [2.24, 2.45) is 0 Å². The lowest BCUT2D eigenvalue weighted by Gasteiger charge is -2.22. The van der Waals surface area contributed by atoms with Gasteiger partial charge in [0.25, 0.3) is 0 Å². The minimum Gasteiger partial charge on any atom is -0.0651 e. The summed E-state index contributed by atoms with van der Waals surface area (Å²) in [4.78, 5) is 0. The van der Waals surface area contributed by atoms with Crippen LogP contribution in [0.2, 0.25) is 0 Å². The van der Waals surface area contributed by atoms with Gasteiger partial charge in [0.15, 0.2) is 0 Å². The molecule has 0 saturated carbocycles. The van der Waals surface area contributed by atoms with Crippen molar-refractivity contribution in [2.45, 2.75) is 92.4 Å². The summed E-state index contributed by atoms with van der Waals surface area (Å²) in [5.74, 6) is 0. The number of hydrogen-bond donors (Lipinski definition) is 0. The molecule has 0 aliphatic carbocycles. The Hall–Kier alpha value is -0.780. The molecule has 0 fully saturated rings. The number of rotatable bonds is 9. The van der Waals surface area contributed by atoms with E-state index < -0.39 is 0 Å². The molecule has 0 heteroatoms. The molecule has 0 saturated heterocycles. The van der Waals surface area contributed by atoms with Crippen LogP contribution in [-0.4, -0.2) is 0 Å². The third kappa shape index (κ3) is 4.11. The van der Waals surface area contributed by atoms with Gasteiger partial charge < -0.3 is 0 Å². The van der Waals surface area contributed by atoms with E-state index in [1.165, 1.54) is 57.8 Å². The summed E-state index contributed by atoms with van der Waals surface area (Å²) in [6.07, 6.45) is 11.3. The lowest BCUT2D eigenvalue weighted by Crippen LogP contribution is -2.09. The minimum atomic E-state index is 1.19. The molecule has 0 N–H and O–H groups in total. The van der Waals surface area contributed by atoms with Crippen LogP contribution in [0.3, 0.4) is 0 Å². The zero-order valence-corrected chi connectivity index (χ0v) is 14.4. The first kappa shape index (κ1) is 17.3. The quantitative estimate of drug-likeness (QED) is 0.513. The van der Waals surface area contributed by atoms with E-state index in [1.807, 2.05) is 0 Å². The predicted molar refractivity (Wildman–Crippen MR) is 91.8 cm³/mol. The maximum Gasteiger partial charge on any atom is -0.0276 e. The van der Waals surface area contributed by atoms with E-state index in [-0.39, 0.29) is 0 Å². The first-order valence-corrected chi connectivity index (χ1v) is 8.88. The van der Waals surface area contributed by atoms with E-state index >= 15 is 0 Å². The Morgan fingerprint density at radius 2 is 1.00 bits per heavy atom. The Balaban J connectivity index is 3.43. The zero-order chi connectivity index (χ0) is 15.0. The van der Waals surface area contributed by atoms with Crippen molar-refractivity contribution in [3.05, 3.63) is 33.9 Å². The monoisotopic (exact) mass is 274 g/mol. The van der Waals surface area contributed by atoms with Crippen LogP contribution in [0, 0.1) is 0 Å². The molecule has 0 aliphatic rings. The highest BCUT2D eigenvalue weighted by atomic mass is 14.2. The number of hydrogen-bond acceptors (Lipinski definition) is 0. The van der Waals surface area contributed by atoms with Crippen LogP contribution in [0.4, 0.5) is 0 Å². The lowest BCUT2D eigenvalue weighted by molar-refractivity contribution is 0.790. The summed E-state index contributed by atoms with van der Waals surface area (Å²) in [7, 11) is 0. The normalized spacial score (nSPS) is 11.1. The zero-order valence-electron chi connectivity index (χ0n) is 14.4. The third-order valence-corrected chi connectivity index (χ3v) is 4.25. The Bertz CT molecular complexity index is 401. The highest BCUT2D eigenvalue weighted by Gasteiger charge is 2.15. The fourth-order valence-corrected chi connectivity index (χ4v) is 3.44. The van der Waals surface area contributed by atoms with Crippen LogP contribution in [0.25, 0.3) is 0 Å². The molecule has 0 bridgehead atoms. The molecule has 1 aromatic carbocycles. The smallest absolute Gasteiger partial charge is 0.0276 e. The Morgan fingerprint density at radius 1 is 0.550 bits per heavy atom. The van der Waals surface area contributed by atoms with E-state index in [2.05, 4.69) is 40.7 Å². The van der Waals surface area contributed by atoms with Crippen LogP contribution in [-0.2, 0) is 32.1 Å². The van der Waals surface area contributed by atoms with Crippen molar-refractivity contribution in [1.82, 2.24) is 0 Å². The van der Waals surface area contributed by atoms with Gasteiger partial charge in [-0.3, -0.25) is 0 Å². The maximum atomic E-state index is 2.54. The van der Waals surface area contributed by atoms with Crippen LogP contribution in [0.1, 0.15) is 88.1 Å². The largest absolute Gasteiger partial charge is 0.0651 e. The summed E-state index contributed by atoms with van der Waals surface area (Å²) in [6.45, 7) is 11.6. The molecule has 0 unspecified atom stereocenters. The molecule has 0 amide bonds. The lowest BCUT2D eigenvalue weighted by atomic mass is 9.83. The van der Waals surface area contributed by atoms with Gasteiger partial charge in [0.05, 0.1) is 0 Å². The minimum absolute atomic E-state index is 1.19. The SMILES string of the molecule is CCCc1cc(CC)c(CCC)c(CCC)c1CCC. The van der Waals surface area contributed by atoms with Gasteiger partial charge >= 0.3 is 0 Å². The number of benzene rings is 1. The molecule has 114 valence electrons. The van der Waals surface area contributed by atoms with Crippen molar-refractivity contribution >= 4 is 0 Å². The van der Waals surface area contributed by atoms with Crippen molar-refractivity contribution in [3.8, 4) is 0 Å². The van der Waals surface area contributed by atoms with Gasteiger partial charge in [-0.05, 0) is 59.9 Å². The number of aryl methyl sites for hydroxylation is 2. The molecular formula is C20H34. The Morgan fingerprint density at radius 3 is 1.45 bits per heavy atom. The van der Waals surface area contributed by atoms with E-state index in [0.29, 0.717) is 0 Å². The molecule has 0 spiro atoms. The van der Waals surface area contributed by atoms with Crippen molar-refractivity contribution in [1.29, 1.82) is 0 Å². The van der Waals surface area contributed by atoms with Crippen molar-refractivity contribution in [2.75, 3.05) is 0 Å². The summed E-state index contributed by atoms with van der Waals surface area (Å²) < 4.78 is 0. The summed E-state index contributed by atoms with van der Waals surface area (Å²) in [5.41, 5.74) is 8.39. The first-order valence-electron chi connectivity index (χ1n) is 8.88. The van der Waals surface area contributed by atoms with Gasteiger partial charge in [0.2, 0.25) is 0 Å². The molecule has 0 nitrogen and oxygen atoms in total. The molecule has 0 radical (unpaired) electrons. The van der Waals surface area contributed by atoms with Crippen molar-refractivity contribution < 1.29 is 0 Å². The van der Waals surface area contributed by atoms with Crippen molar-refractivity contribution in [3.63, 3.8) is 0 Å². The van der Waals surface area contributed by atoms with Gasteiger partial charge in [-0.15, -0.1) is 0 Å². The van der Waals surface area contributed by atoms with Crippen LogP contribution < -0.4 is 0 Å². The van der Waals surface area contributed by atoms with E-state index in [9.17, 15) is 0 Å². The third-order valence-electron chi connectivity index (χ3n) is 4.25. The highest BCUT2D eigenvalue weighted by molar-refractivity contribution is 5.47. The van der Waals surface area contributed by atoms with Crippen LogP contribution in [0.15, 0.2) is 6.07 Å². The predicted octanol–water partition coefficient (Wildman–Crippen LogP) is 6.06. The second-order valence-electron chi connectivity index (χ2n) is 5.98. The maximum absolute atomic E-state index is 2.54. The molecular weight excluding hydrogens is 240 g/mol. The van der Waals surface area contributed by atoms with Gasteiger partial charge in [0.1, 0.15) is 0 Å². The van der Waals surface area contributed by atoms with Crippen LogP contribution in [0.5, 0.6) is 0 Å². The average molecular weight is 274 g/mol. The van der Waals surface area contributed by atoms with E-state index in [0.717, 1.165) is 0 Å². The molecule has 0 aromatic heterocycles. The fraction of sp³-hybridized carbons (Fsp3) is 0.700. The Kier molecular flexibility index (Phi) is 7.95. The van der Waals surface area contributed by atoms with E-state index in [1.54, 1.807) is 27.8 Å². The summed E-state index contributed by atoms with van der Waals surface area (Å²) in [5, 5.41) is 0. The van der Waals surface area contributed by atoms with Gasteiger partial charge in [-0.25, -0.2) is 0 Å². The standard InChI is InChI=1S/C20H34/c1-6-11-17-15-16(10-5)18(12-7-2)20(14-9-4)19(17)13-8-3/h15H,6-14H2,1-5H3. The molecule has 20 heavy (non-hydrogen) atoms. The Labute approximate surface area is 127 Å². The van der Waals surface area contributed by atoms with E-state index in [4.69, 9.17) is 0 Å². The van der Waals surface area contributed by atoms with Gasteiger partial charge in [0, 0.05) is 0 Å². The first-order chi connectivity index (χ1) is 9.73.